The minimum atomic E-state index is -0.188. The fourth-order valence-electron chi connectivity index (χ4n) is 3.61. The van der Waals surface area contributed by atoms with Gasteiger partial charge in [-0.2, -0.15) is 0 Å². The molecule has 1 saturated carbocycles. The van der Waals surface area contributed by atoms with Gasteiger partial charge in [-0.3, -0.25) is 4.99 Å². The van der Waals surface area contributed by atoms with Crippen molar-refractivity contribution < 1.29 is 9.13 Å². The Bertz CT molecular complexity index is 807. The minimum Gasteiger partial charge on any atom is -0.375 e. The Balaban J connectivity index is 0.00000300. The van der Waals surface area contributed by atoms with Gasteiger partial charge < -0.3 is 15.0 Å². The first-order valence-electron chi connectivity index (χ1n) is 9.62. The van der Waals surface area contributed by atoms with E-state index in [1.54, 1.807) is 37.6 Å². The van der Waals surface area contributed by atoms with Crippen LogP contribution in [0.15, 0.2) is 34.6 Å². The lowest BCUT2D eigenvalue weighted by Gasteiger charge is -2.43. The van der Waals surface area contributed by atoms with Gasteiger partial charge in [0.1, 0.15) is 16.9 Å². The van der Waals surface area contributed by atoms with Crippen LogP contribution in [0.2, 0.25) is 0 Å². The molecule has 1 fully saturated rings. The van der Waals surface area contributed by atoms with Gasteiger partial charge in [0, 0.05) is 38.5 Å². The van der Waals surface area contributed by atoms with Crippen molar-refractivity contribution in [2.24, 2.45) is 4.99 Å². The Labute approximate surface area is 193 Å². The lowest BCUT2D eigenvalue weighted by atomic mass is 9.64. The number of nitrogens with zero attached hydrogens (tertiary/aromatic N) is 3. The average Bonchev–Trinajstić information content (AvgIpc) is 3.12. The van der Waals surface area contributed by atoms with E-state index in [1.807, 2.05) is 26.1 Å². The molecular formula is C21H30FIN4OS. The van der Waals surface area contributed by atoms with Gasteiger partial charge in [-0.05, 0) is 37.5 Å². The number of methoxy groups -OCH3 is 1. The maximum Gasteiger partial charge on any atom is 0.193 e. The molecule has 1 aromatic carbocycles. The summed E-state index contributed by atoms with van der Waals surface area (Å²) in [5.41, 5.74) is 2.27. The quantitative estimate of drug-likeness (QED) is 0.318. The number of hydrogen-bond acceptors (Lipinski definition) is 4. The summed E-state index contributed by atoms with van der Waals surface area (Å²) >= 11 is 1.62. The number of aromatic nitrogens is 1. The van der Waals surface area contributed by atoms with Gasteiger partial charge >= 0.3 is 0 Å². The number of hydrogen-bond donors (Lipinski definition) is 1. The van der Waals surface area contributed by atoms with Crippen LogP contribution in [0.4, 0.5) is 4.39 Å². The van der Waals surface area contributed by atoms with Crippen LogP contribution in [0.3, 0.4) is 0 Å². The number of ether oxygens (including phenoxy) is 1. The van der Waals surface area contributed by atoms with E-state index in [0.29, 0.717) is 6.54 Å². The van der Waals surface area contributed by atoms with Gasteiger partial charge in [-0.1, -0.05) is 18.6 Å². The van der Waals surface area contributed by atoms with Crippen molar-refractivity contribution in [1.82, 2.24) is 15.2 Å². The highest BCUT2D eigenvalue weighted by atomic mass is 127. The molecule has 0 aliphatic heterocycles. The molecule has 1 aromatic heterocycles. The van der Waals surface area contributed by atoms with Crippen LogP contribution in [-0.2, 0) is 16.7 Å². The van der Waals surface area contributed by atoms with E-state index in [4.69, 9.17) is 4.74 Å². The van der Waals surface area contributed by atoms with E-state index in [1.165, 1.54) is 12.0 Å². The van der Waals surface area contributed by atoms with Crippen LogP contribution in [0, 0.1) is 5.82 Å². The molecule has 0 amide bonds. The first kappa shape index (κ1) is 24.0. The topological polar surface area (TPSA) is 49.8 Å². The lowest BCUT2D eigenvalue weighted by molar-refractivity contribution is 0.119. The van der Waals surface area contributed by atoms with Gasteiger partial charge in [-0.15, -0.1) is 35.3 Å². The van der Waals surface area contributed by atoms with Crippen molar-refractivity contribution in [2.45, 2.75) is 44.2 Å². The fourth-order valence-corrected chi connectivity index (χ4v) is 4.45. The highest BCUT2D eigenvalue weighted by molar-refractivity contribution is 14.0. The number of aliphatic imine (C=N–C) groups is 1. The average molecular weight is 532 g/mol. The van der Waals surface area contributed by atoms with E-state index in [-0.39, 0.29) is 41.3 Å². The number of thiazole rings is 1. The largest absolute Gasteiger partial charge is 0.375 e. The standard InChI is InChI=1S/C21H29FN4OS.HI/c1-15(27-4)19-25-18(13-28-19)12-26(3)20(23-2)24-14-21(10-5-11-21)16-6-8-17(22)9-7-16;/h6-9,13,15H,5,10-12,14H2,1-4H3,(H,23,24);1H. The zero-order chi connectivity index (χ0) is 20.1. The molecule has 0 saturated heterocycles. The van der Waals surface area contributed by atoms with Crippen LogP contribution in [0.5, 0.6) is 0 Å². The molecule has 1 aliphatic rings. The van der Waals surface area contributed by atoms with Crippen LogP contribution in [0.1, 0.15) is 48.6 Å². The van der Waals surface area contributed by atoms with Gasteiger partial charge in [0.05, 0.1) is 12.2 Å². The summed E-state index contributed by atoms with van der Waals surface area (Å²) in [7, 11) is 5.50. The molecule has 3 rings (SSSR count). The van der Waals surface area contributed by atoms with Crippen LogP contribution in [0.25, 0.3) is 0 Å². The molecule has 0 spiro atoms. The Hall–Kier alpha value is -1.26. The number of rotatable bonds is 7. The van der Waals surface area contributed by atoms with Crippen molar-refractivity contribution in [3.05, 3.63) is 51.7 Å². The zero-order valence-corrected chi connectivity index (χ0v) is 20.6. The van der Waals surface area contributed by atoms with E-state index in [2.05, 4.69) is 25.6 Å². The third kappa shape index (κ3) is 5.67. The Kier molecular flexibility index (Phi) is 8.84. The molecule has 1 N–H and O–H groups in total. The third-order valence-electron chi connectivity index (χ3n) is 5.60. The predicted octanol–water partition coefficient (Wildman–Crippen LogP) is 4.74. The van der Waals surface area contributed by atoms with E-state index in [0.717, 1.165) is 36.0 Å². The normalized spacial score (nSPS) is 16.5. The molecule has 5 nitrogen and oxygen atoms in total. The molecule has 1 atom stereocenters. The summed E-state index contributed by atoms with van der Waals surface area (Å²) in [6.45, 7) is 3.47. The Morgan fingerprint density at radius 2 is 2.07 bits per heavy atom. The number of halogens is 2. The molecule has 1 unspecified atom stereocenters. The summed E-state index contributed by atoms with van der Waals surface area (Å²) in [6, 6.07) is 6.93. The van der Waals surface area contributed by atoms with Crippen molar-refractivity contribution >= 4 is 41.3 Å². The SMILES string of the molecule is CN=C(NCC1(c2ccc(F)cc2)CCC1)N(C)Cc1csc(C(C)OC)n1.I. The minimum absolute atomic E-state index is 0. The number of guanidine groups is 1. The Morgan fingerprint density at radius 3 is 2.62 bits per heavy atom. The number of nitrogens with one attached hydrogen (secondary N) is 1. The highest BCUT2D eigenvalue weighted by Crippen LogP contribution is 2.43. The van der Waals surface area contributed by atoms with E-state index in [9.17, 15) is 4.39 Å². The van der Waals surface area contributed by atoms with Gasteiger partial charge in [0.25, 0.3) is 0 Å². The molecular weight excluding hydrogens is 502 g/mol. The van der Waals surface area contributed by atoms with Crippen molar-refractivity contribution in [3.8, 4) is 0 Å². The second kappa shape index (κ2) is 10.7. The molecule has 0 radical (unpaired) electrons. The van der Waals surface area contributed by atoms with Crippen molar-refractivity contribution in [2.75, 3.05) is 27.7 Å². The van der Waals surface area contributed by atoms with Crippen LogP contribution >= 0.6 is 35.3 Å². The molecule has 2 aromatic rings. The van der Waals surface area contributed by atoms with Crippen molar-refractivity contribution in [3.63, 3.8) is 0 Å². The van der Waals surface area contributed by atoms with Gasteiger partial charge in [-0.25, -0.2) is 9.37 Å². The molecule has 8 heteroatoms. The summed E-state index contributed by atoms with van der Waals surface area (Å²) in [5.74, 6) is 0.648. The van der Waals surface area contributed by atoms with Gasteiger partial charge in [0.2, 0.25) is 0 Å². The first-order valence-corrected chi connectivity index (χ1v) is 10.5. The maximum atomic E-state index is 13.3. The third-order valence-corrected chi connectivity index (χ3v) is 6.65. The Morgan fingerprint density at radius 1 is 1.38 bits per heavy atom. The molecule has 1 heterocycles. The molecule has 29 heavy (non-hydrogen) atoms. The van der Waals surface area contributed by atoms with Crippen LogP contribution < -0.4 is 5.32 Å². The number of benzene rings is 1. The fraction of sp³-hybridized carbons (Fsp3) is 0.524. The van der Waals surface area contributed by atoms with Gasteiger partial charge in [0.15, 0.2) is 5.96 Å². The summed E-state index contributed by atoms with van der Waals surface area (Å²) < 4.78 is 18.6. The summed E-state index contributed by atoms with van der Waals surface area (Å²) in [6.07, 6.45) is 3.43. The molecule has 160 valence electrons. The second-order valence-corrected chi connectivity index (χ2v) is 8.34. The zero-order valence-electron chi connectivity index (χ0n) is 17.4. The van der Waals surface area contributed by atoms with E-state index >= 15 is 0 Å². The predicted molar refractivity (Wildman–Crippen MR) is 128 cm³/mol. The lowest BCUT2D eigenvalue weighted by Crippen LogP contribution is -2.49. The monoisotopic (exact) mass is 532 g/mol. The smallest absolute Gasteiger partial charge is 0.193 e. The molecule has 0 bridgehead atoms. The van der Waals surface area contributed by atoms with Crippen LogP contribution in [-0.4, -0.2) is 43.6 Å². The molecule has 1 aliphatic carbocycles. The first-order chi connectivity index (χ1) is 13.5. The highest BCUT2D eigenvalue weighted by Gasteiger charge is 2.38. The summed E-state index contributed by atoms with van der Waals surface area (Å²) in [5, 5.41) is 6.57. The van der Waals surface area contributed by atoms with Crippen molar-refractivity contribution in [1.29, 1.82) is 0 Å². The van der Waals surface area contributed by atoms with E-state index < -0.39 is 0 Å². The maximum absolute atomic E-state index is 13.3. The summed E-state index contributed by atoms with van der Waals surface area (Å²) in [4.78, 5) is 11.2. The second-order valence-electron chi connectivity index (χ2n) is 7.45.